The predicted octanol–water partition coefficient (Wildman–Crippen LogP) is 0.385. The molecule has 0 bridgehead atoms. The number of β-amino-alcohol motifs (C(OH)–C–C–N with tert-alkyl or cyclic N) is 1. The first-order valence-corrected chi connectivity index (χ1v) is 7.68. The molecule has 7 heteroatoms. The van der Waals surface area contributed by atoms with Crippen molar-refractivity contribution in [1.29, 1.82) is 0 Å². The van der Waals surface area contributed by atoms with Crippen LogP contribution in [0.4, 0.5) is 17.3 Å². The zero-order chi connectivity index (χ0) is 15.1. The minimum absolute atomic E-state index is 0.209. The molecule has 21 heavy (non-hydrogen) atoms. The van der Waals surface area contributed by atoms with Gasteiger partial charge in [-0.3, -0.25) is 4.90 Å². The molecule has 1 aromatic heterocycles. The van der Waals surface area contributed by atoms with Crippen molar-refractivity contribution in [3.05, 3.63) is 6.33 Å². The molecule has 0 aliphatic carbocycles. The number of aliphatic hydroxyl groups is 1. The number of rotatable bonds is 7. The third kappa shape index (κ3) is 4.18. The van der Waals surface area contributed by atoms with Gasteiger partial charge in [-0.25, -0.2) is 9.97 Å². The smallest absolute Gasteiger partial charge is 0.157 e. The molecule has 1 aliphatic rings. The van der Waals surface area contributed by atoms with E-state index in [2.05, 4.69) is 32.0 Å². The molecule has 0 atom stereocenters. The van der Waals surface area contributed by atoms with Gasteiger partial charge in [-0.15, -0.1) is 0 Å². The summed E-state index contributed by atoms with van der Waals surface area (Å²) in [5.74, 6) is 1.54. The van der Waals surface area contributed by atoms with Gasteiger partial charge in [0.1, 0.15) is 12.0 Å². The Bertz CT molecular complexity index is 433. The maximum Gasteiger partial charge on any atom is 0.157 e. The molecule has 0 amide bonds. The molecule has 1 aliphatic heterocycles. The van der Waals surface area contributed by atoms with Gasteiger partial charge >= 0.3 is 0 Å². The summed E-state index contributed by atoms with van der Waals surface area (Å²) in [6.07, 6.45) is 3.80. The molecular formula is C14H26N6O. The predicted molar refractivity (Wildman–Crippen MR) is 85.6 cm³/mol. The van der Waals surface area contributed by atoms with Crippen LogP contribution in [0.25, 0.3) is 0 Å². The summed E-state index contributed by atoms with van der Waals surface area (Å²) >= 11 is 0. The van der Waals surface area contributed by atoms with E-state index < -0.39 is 0 Å². The molecule has 0 spiro atoms. The maximum absolute atomic E-state index is 8.98. The minimum Gasteiger partial charge on any atom is -0.395 e. The molecule has 0 aromatic carbocycles. The van der Waals surface area contributed by atoms with Gasteiger partial charge in [0.25, 0.3) is 0 Å². The Kier molecular flexibility index (Phi) is 6.01. The van der Waals surface area contributed by atoms with E-state index in [-0.39, 0.29) is 6.61 Å². The highest BCUT2D eigenvalue weighted by Gasteiger charge is 2.20. The van der Waals surface area contributed by atoms with Crippen LogP contribution in [-0.4, -0.2) is 65.8 Å². The van der Waals surface area contributed by atoms with Crippen molar-refractivity contribution < 1.29 is 5.11 Å². The molecule has 0 radical (unpaired) electrons. The number of nitrogens with zero attached hydrogens (tertiary/aromatic N) is 4. The van der Waals surface area contributed by atoms with Crippen molar-refractivity contribution in [3.63, 3.8) is 0 Å². The average Bonchev–Trinajstić information content (AvgIpc) is 2.51. The van der Waals surface area contributed by atoms with Crippen LogP contribution >= 0.6 is 0 Å². The van der Waals surface area contributed by atoms with Crippen LogP contribution in [0.1, 0.15) is 19.8 Å². The van der Waals surface area contributed by atoms with E-state index in [1.54, 1.807) is 6.33 Å². The van der Waals surface area contributed by atoms with Crippen molar-refractivity contribution in [2.75, 3.05) is 61.8 Å². The lowest BCUT2D eigenvalue weighted by atomic mass is 10.3. The van der Waals surface area contributed by atoms with Gasteiger partial charge < -0.3 is 21.1 Å². The first-order chi connectivity index (χ1) is 10.3. The van der Waals surface area contributed by atoms with Crippen molar-refractivity contribution >= 4 is 17.3 Å². The molecule has 7 nitrogen and oxygen atoms in total. The second-order valence-corrected chi connectivity index (χ2v) is 5.29. The van der Waals surface area contributed by atoms with Gasteiger partial charge in [0.05, 0.1) is 6.61 Å². The van der Waals surface area contributed by atoms with Crippen LogP contribution in [0.2, 0.25) is 0 Å². The number of hydrogen-bond donors (Lipinski definition) is 3. The zero-order valence-corrected chi connectivity index (χ0v) is 12.8. The van der Waals surface area contributed by atoms with Crippen LogP contribution in [-0.2, 0) is 0 Å². The fourth-order valence-corrected chi connectivity index (χ4v) is 2.49. The molecule has 118 valence electrons. The van der Waals surface area contributed by atoms with Gasteiger partial charge in [0.15, 0.2) is 11.6 Å². The number of anilines is 3. The summed E-state index contributed by atoms with van der Waals surface area (Å²) in [5.41, 5.74) is 6.84. The fraction of sp³-hybridized carbons (Fsp3) is 0.714. The third-order valence-corrected chi connectivity index (χ3v) is 3.77. The maximum atomic E-state index is 8.98. The molecule has 2 rings (SSSR count). The number of hydrogen-bond acceptors (Lipinski definition) is 7. The van der Waals surface area contributed by atoms with Crippen LogP contribution in [0.15, 0.2) is 6.33 Å². The zero-order valence-electron chi connectivity index (χ0n) is 12.8. The molecule has 0 saturated carbocycles. The molecule has 1 saturated heterocycles. The van der Waals surface area contributed by atoms with E-state index >= 15 is 0 Å². The monoisotopic (exact) mass is 294 g/mol. The SMILES string of the molecule is CCCCNc1ncnc(N2CCN(CCO)CC2)c1N. The lowest BCUT2D eigenvalue weighted by Crippen LogP contribution is -2.47. The number of nitrogen functional groups attached to an aromatic ring is 1. The highest BCUT2D eigenvalue weighted by Crippen LogP contribution is 2.26. The van der Waals surface area contributed by atoms with Crippen LogP contribution in [0.5, 0.6) is 0 Å². The van der Waals surface area contributed by atoms with Gasteiger partial charge in [0, 0.05) is 39.3 Å². The lowest BCUT2D eigenvalue weighted by Gasteiger charge is -2.35. The molecule has 1 fully saturated rings. The van der Waals surface area contributed by atoms with Gasteiger partial charge in [0.2, 0.25) is 0 Å². The van der Waals surface area contributed by atoms with Crippen molar-refractivity contribution in [2.24, 2.45) is 0 Å². The summed E-state index contributed by atoms with van der Waals surface area (Å²) in [5, 5.41) is 12.3. The van der Waals surface area contributed by atoms with E-state index in [1.165, 1.54) is 0 Å². The minimum atomic E-state index is 0.209. The first-order valence-electron chi connectivity index (χ1n) is 7.68. The number of piperazine rings is 1. The number of aromatic nitrogens is 2. The number of nitrogens with one attached hydrogen (secondary N) is 1. The second-order valence-electron chi connectivity index (χ2n) is 5.29. The van der Waals surface area contributed by atoms with Crippen molar-refractivity contribution in [1.82, 2.24) is 14.9 Å². The number of nitrogens with two attached hydrogens (primary N) is 1. The van der Waals surface area contributed by atoms with Gasteiger partial charge in [-0.05, 0) is 6.42 Å². The number of unbranched alkanes of at least 4 members (excludes halogenated alkanes) is 1. The van der Waals surface area contributed by atoms with Gasteiger partial charge in [-0.2, -0.15) is 0 Å². The lowest BCUT2D eigenvalue weighted by molar-refractivity contribution is 0.188. The Hall–Kier alpha value is -1.60. The Balaban J connectivity index is 1.98. The second kappa shape index (κ2) is 7.99. The number of aliphatic hydroxyl groups excluding tert-OH is 1. The van der Waals surface area contributed by atoms with Gasteiger partial charge in [-0.1, -0.05) is 13.3 Å². The third-order valence-electron chi connectivity index (χ3n) is 3.77. The van der Waals surface area contributed by atoms with Crippen molar-refractivity contribution in [2.45, 2.75) is 19.8 Å². The van der Waals surface area contributed by atoms with E-state index in [0.717, 1.165) is 63.7 Å². The fourth-order valence-electron chi connectivity index (χ4n) is 2.49. The summed E-state index contributed by atoms with van der Waals surface area (Å²) in [4.78, 5) is 13.0. The molecule has 0 unspecified atom stereocenters. The Morgan fingerprint density at radius 3 is 2.71 bits per heavy atom. The first kappa shape index (κ1) is 15.8. The Morgan fingerprint density at radius 2 is 2.05 bits per heavy atom. The summed E-state index contributed by atoms with van der Waals surface area (Å²) in [7, 11) is 0. The van der Waals surface area contributed by atoms with Crippen molar-refractivity contribution in [3.8, 4) is 0 Å². The summed E-state index contributed by atoms with van der Waals surface area (Å²) in [6, 6.07) is 0. The van der Waals surface area contributed by atoms with Crippen LogP contribution in [0.3, 0.4) is 0 Å². The largest absolute Gasteiger partial charge is 0.395 e. The average molecular weight is 294 g/mol. The molecule has 4 N–H and O–H groups in total. The van der Waals surface area contributed by atoms with E-state index in [9.17, 15) is 0 Å². The highest BCUT2D eigenvalue weighted by molar-refractivity contribution is 5.74. The summed E-state index contributed by atoms with van der Waals surface area (Å²) < 4.78 is 0. The quantitative estimate of drug-likeness (QED) is 0.626. The molecule has 1 aromatic rings. The summed E-state index contributed by atoms with van der Waals surface area (Å²) in [6.45, 7) is 7.55. The van der Waals surface area contributed by atoms with E-state index in [1.807, 2.05) is 0 Å². The van der Waals surface area contributed by atoms with Crippen LogP contribution < -0.4 is 16.0 Å². The highest BCUT2D eigenvalue weighted by atomic mass is 16.3. The Morgan fingerprint density at radius 1 is 1.29 bits per heavy atom. The molecular weight excluding hydrogens is 268 g/mol. The standard InChI is InChI=1S/C14H26N6O/c1-2-3-4-16-13-12(15)14(18-11-17-13)20-7-5-19(6-8-20)9-10-21/h11,21H,2-10,15H2,1H3,(H,16,17,18). The normalized spacial score (nSPS) is 16.2. The van der Waals surface area contributed by atoms with E-state index in [4.69, 9.17) is 10.8 Å². The molecule has 2 heterocycles. The Labute approximate surface area is 126 Å². The topological polar surface area (TPSA) is 90.5 Å². The van der Waals surface area contributed by atoms with Crippen LogP contribution in [0, 0.1) is 0 Å². The van der Waals surface area contributed by atoms with E-state index in [0.29, 0.717) is 5.69 Å².